The lowest BCUT2D eigenvalue weighted by atomic mass is 9.98. The number of alkyl carbamates (subject to hydrolysis) is 1. The number of hydrogen-bond acceptors (Lipinski definition) is 5. The largest absolute Gasteiger partial charge is 0.480 e. The Hall–Kier alpha value is -3.00. The third-order valence-corrected chi connectivity index (χ3v) is 8.61. The van der Waals surface area contributed by atoms with Crippen LogP contribution in [-0.2, 0) is 14.3 Å². The third kappa shape index (κ3) is 5.03. The van der Waals surface area contributed by atoms with Gasteiger partial charge in [-0.3, -0.25) is 9.59 Å². The van der Waals surface area contributed by atoms with Gasteiger partial charge in [0.25, 0.3) is 0 Å². The van der Waals surface area contributed by atoms with Crippen LogP contribution in [0.4, 0.5) is 4.79 Å². The SMILES string of the molecule is O=C(N[C@@H]1CCC[C@H]1CC(=O)N1CCSC(C(=O)O)C1)OCC1c2ccccc2-c2ccccc21. The van der Waals surface area contributed by atoms with Crippen LogP contribution in [0.2, 0.25) is 0 Å². The molecule has 0 spiro atoms. The maximum atomic E-state index is 12.9. The van der Waals surface area contributed by atoms with Gasteiger partial charge in [0.05, 0.1) is 0 Å². The zero-order valence-corrected chi connectivity index (χ0v) is 20.3. The Kier molecular flexibility index (Phi) is 7.00. The van der Waals surface area contributed by atoms with Crippen LogP contribution in [0.25, 0.3) is 11.1 Å². The van der Waals surface area contributed by atoms with Crippen molar-refractivity contribution in [1.29, 1.82) is 0 Å². The van der Waals surface area contributed by atoms with Crippen molar-refractivity contribution < 1.29 is 24.2 Å². The summed E-state index contributed by atoms with van der Waals surface area (Å²) in [5.41, 5.74) is 4.72. The summed E-state index contributed by atoms with van der Waals surface area (Å²) in [6, 6.07) is 16.4. The Balaban J connectivity index is 1.16. The minimum Gasteiger partial charge on any atom is -0.480 e. The second kappa shape index (κ2) is 10.3. The number of thioether (sulfide) groups is 1. The second-order valence-electron chi connectivity index (χ2n) is 9.51. The van der Waals surface area contributed by atoms with Crippen LogP contribution >= 0.6 is 11.8 Å². The fourth-order valence-electron chi connectivity index (χ4n) is 5.64. The Morgan fingerprint density at radius 1 is 1.03 bits per heavy atom. The number of carbonyl (C=O) groups excluding carboxylic acids is 2. The lowest BCUT2D eigenvalue weighted by molar-refractivity contribution is -0.138. The standard InChI is InChI=1S/C27H30N2O5S/c30-25(29-12-13-35-24(15-29)26(31)32)14-17-6-5-11-23(17)28-27(33)34-16-22-20-9-3-1-7-18(20)19-8-2-4-10-21(19)22/h1-4,7-10,17,22-24H,5-6,11-16H2,(H,28,33)(H,31,32)/t17-,23+,24?/m0/s1. The van der Waals surface area contributed by atoms with Crippen LogP contribution < -0.4 is 5.32 Å². The molecule has 7 nitrogen and oxygen atoms in total. The van der Waals surface area contributed by atoms with Crippen molar-refractivity contribution in [2.75, 3.05) is 25.4 Å². The minimum atomic E-state index is -0.872. The summed E-state index contributed by atoms with van der Waals surface area (Å²) < 4.78 is 5.70. The molecular formula is C27H30N2O5S. The first-order chi connectivity index (χ1) is 17.0. The van der Waals surface area contributed by atoms with Crippen molar-refractivity contribution in [2.24, 2.45) is 5.92 Å². The smallest absolute Gasteiger partial charge is 0.407 e. The summed E-state index contributed by atoms with van der Waals surface area (Å²) in [6.45, 7) is 1.08. The van der Waals surface area contributed by atoms with E-state index in [9.17, 15) is 19.5 Å². The highest BCUT2D eigenvalue weighted by molar-refractivity contribution is 8.00. The predicted octanol–water partition coefficient (Wildman–Crippen LogP) is 4.11. The number of rotatable bonds is 6. The summed E-state index contributed by atoms with van der Waals surface area (Å²) in [4.78, 5) is 38.6. The molecular weight excluding hydrogens is 464 g/mol. The number of fused-ring (bicyclic) bond motifs is 3. The van der Waals surface area contributed by atoms with Gasteiger partial charge in [0, 0.05) is 37.2 Å². The number of amides is 2. The van der Waals surface area contributed by atoms with Crippen molar-refractivity contribution in [3.63, 3.8) is 0 Å². The first kappa shape index (κ1) is 23.7. The normalized spacial score (nSPS) is 23.4. The van der Waals surface area contributed by atoms with E-state index in [-0.39, 0.29) is 36.9 Å². The van der Waals surface area contributed by atoms with Gasteiger partial charge >= 0.3 is 12.1 Å². The van der Waals surface area contributed by atoms with Crippen molar-refractivity contribution in [1.82, 2.24) is 10.2 Å². The van der Waals surface area contributed by atoms with Gasteiger partial charge in [-0.15, -0.1) is 11.8 Å². The molecule has 0 aromatic heterocycles. The number of nitrogens with one attached hydrogen (secondary N) is 1. The minimum absolute atomic E-state index is 0.00764. The summed E-state index contributed by atoms with van der Waals surface area (Å²) in [5, 5.41) is 11.7. The molecule has 2 aliphatic carbocycles. The number of hydrogen-bond donors (Lipinski definition) is 2. The van der Waals surface area contributed by atoms with Crippen LogP contribution in [0, 0.1) is 5.92 Å². The zero-order valence-electron chi connectivity index (χ0n) is 19.5. The molecule has 2 fully saturated rings. The fourth-order valence-corrected chi connectivity index (χ4v) is 6.68. The first-order valence-electron chi connectivity index (χ1n) is 12.2. The number of carbonyl (C=O) groups is 3. The van der Waals surface area contributed by atoms with E-state index in [2.05, 4.69) is 29.6 Å². The molecule has 1 unspecified atom stereocenters. The Labute approximate surface area is 209 Å². The number of carboxylic acid groups (broad SMARTS) is 1. The molecule has 1 aliphatic heterocycles. The molecule has 3 atom stereocenters. The summed E-state index contributed by atoms with van der Waals surface area (Å²) >= 11 is 1.38. The highest BCUT2D eigenvalue weighted by atomic mass is 32.2. The average molecular weight is 495 g/mol. The molecule has 8 heteroatoms. The molecule has 2 amide bonds. The van der Waals surface area contributed by atoms with Crippen molar-refractivity contribution >= 4 is 29.7 Å². The fraction of sp³-hybridized carbons (Fsp3) is 0.444. The van der Waals surface area contributed by atoms with Crippen molar-refractivity contribution in [3.05, 3.63) is 59.7 Å². The van der Waals surface area contributed by atoms with Crippen LogP contribution in [0.5, 0.6) is 0 Å². The van der Waals surface area contributed by atoms with Gasteiger partial charge < -0.3 is 20.1 Å². The van der Waals surface area contributed by atoms with Gasteiger partial charge in [0.1, 0.15) is 11.9 Å². The topological polar surface area (TPSA) is 95.9 Å². The van der Waals surface area contributed by atoms with Crippen LogP contribution in [0.3, 0.4) is 0 Å². The van der Waals surface area contributed by atoms with E-state index in [0.717, 1.165) is 19.3 Å². The quantitative estimate of drug-likeness (QED) is 0.628. The number of aliphatic carboxylic acids is 1. The highest BCUT2D eigenvalue weighted by Gasteiger charge is 2.35. The third-order valence-electron chi connectivity index (χ3n) is 7.44. The highest BCUT2D eigenvalue weighted by Crippen LogP contribution is 2.44. The predicted molar refractivity (Wildman–Crippen MR) is 134 cm³/mol. The monoisotopic (exact) mass is 494 g/mol. The molecule has 1 saturated heterocycles. The first-order valence-corrected chi connectivity index (χ1v) is 13.3. The summed E-state index contributed by atoms with van der Waals surface area (Å²) in [5.74, 6) is -0.213. The lowest BCUT2D eigenvalue weighted by Gasteiger charge is -2.32. The number of nitrogens with zero attached hydrogens (tertiary/aromatic N) is 1. The van der Waals surface area contributed by atoms with E-state index in [1.807, 2.05) is 24.3 Å². The van der Waals surface area contributed by atoms with E-state index in [1.165, 1.54) is 34.0 Å². The summed E-state index contributed by atoms with van der Waals surface area (Å²) in [7, 11) is 0. The van der Waals surface area contributed by atoms with Gasteiger partial charge in [-0.05, 0) is 41.0 Å². The number of ether oxygens (including phenoxy) is 1. The average Bonchev–Trinajstić information content (AvgIpc) is 3.44. The van der Waals surface area contributed by atoms with Gasteiger partial charge in [-0.25, -0.2) is 4.79 Å². The van der Waals surface area contributed by atoms with E-state index in [1.54, 1.807) is 4.90 Å². The molecule has 184 valence electrons. The Morgan fingerprint density at radius 2 is 1.71 bits per heavy atom. The van der Waals surface area contributed by atoms with E-state index < -0.39 is 17.3 Å². The van der Waals surface area contributed by atoms with Gasteiger partial charge in [0.2, 0.25) is 5.91 Å². The molecule has 2 aromatic rings. The van der Waals surface area contributed by atoms with Gasteiger partial charge in [-0.2, -0.15) is 0 Å². The summed E-state index contributed by atoms with van der Waals surface area (Å²) in [6.07, 6.45) is 2.50. The van der Waals surface area contributed by atoms with Crippen LogP contribution in [0.1, 0.15) is 42.7 Å². The van der Waals surface area contributed by atoms with Crippen molar-refractivity contribution in [2.45, 2.75) is 42.9 Å². The van der Waals surface area contributed by atoms with E-state index in [0.29, 0.717) is 18.7 Å². The number of carboxylic acids is 1. The zero-order chi connectivity index (χ0) is 24.4. The molecule has 1 heterocycles. The number of benzene rings is 2. The Morgan fingerprint density at radius 3 is 2.40 bits per heavy atom. The van der Waals surface area contributed by atoms with Crippen molar-refractivity contribution in [3.8, 4) is 11.1 Å². The van der Waals surface area contributed by atoms with Crippen LogP contribution in [0.15, 0.2) is 48.5 Å². The lowest BCUT2D eigenvalue weighted by Crippen LogP contribution is -2.46. The molecule has 5 rings (SSSR count). The molecule has 3 aliphatic rings. The Bertz CT molecular complexity index is 1080. The molecule has 2 N–H and O–H groups in total. The molecule has 35 heavy (non-hydrogen) atoms. The van der Waals surface area contributed by atoms with Gasteiger partial charge in [0.15, 0.2) is 0 Å². The molecule has 0 bridgehead atoms. The molecule has 1 saturated carbocycles. The van der Waals surface area contributed by atoms with Gasteiger partial charge in [-0.1, -0.05) is 55.0 Å². The van der Waals surface area contributed by atoms with Crippen LogP contribution in [-0.4, -0.2) is 64.7 Å². The molecule has 2 aromatic carbocycles. The van der Waals surface area contributed by atoms with E-state index >= 15 is 0 Å². The maximum absolute atomic E-state index is 12.9. The van der Waals surface area contributed by atoms with E-state index in [4.69, 9.17) is 4.74 Å². The maximum Gasteiger partial charge on any atom is 0.407 e. The second-order valence-corrected chi connectivity index (χ2v) is 10.8. The molecule has 0 radical (unpaired) electrons.